The van der Waals surface area contributed by atoms with Crippen LogP contribution in [0.2, 0.25) is 0 Å². The van der Waals surface area contributed by atoms with Gasteiger partial charge >= 0.3 is 0 Å². The number of ether oxygens (including phenoxy) is 1. The molecule has 1 heterocycles. The summed E-state index contributed by atoms with van der Waals surface area (Å²) < 4.78 is 7.02. The molecule has 80 valence electrons. The second kappa shape index (κ2) is 5.65. The molecular weight excluding hydrogens is 178 g/mol. The average Bonchev–Trinajstić information content (AvgIpc) is 2.65. The Bertz CT molecular complexity index is 256. The second-order valence-corrected chi connectivity index (χ2v) is 3.08. The molecule has 4 nitrogen and oxygen atoms in total. The number of hydrogen-bond acceptors (Lipinski definition) is 3. The standard InChI is InChI=1S/C10H19N3O/c1-4-12(5-2)10-6-7-11-13(10)8-9-14-3/h6-7H,4-5,8-9H2,1-3H3. The van der Waals surface area contributed by atoms with Gasteiger partial charge in [-0.1, -0.05) is 0 Å². The highest BCUT2D eigenvalue weighted by Crippen LogP contribution is 2.12. The van der Waals surface area contributed by atoms with Crippen molar-refractivity contribution in [2.75, 3.05) is 31.7 Å². The molecule has 0 saturated heterocycles. The summed E-state index contributed by atoms with van der Waals surface area (Å²) in [7, 11) is 1.71. The molecule has 0 amide bonds. The highest BCUT2D eigenvalue weighted by atomic mass is 16.5. The van der Waals surface area contributed by atoms with Crippen LogP contribution in [0.5, 0.6) is 0 Å². The van der Waals surface area contributed by atoms with Gasteiger partial charge in [0.25, 0.3) is 0 Å². The van der Waals surface area contributed by atoms with Gasteiger partial charge in [-0.15, -0.1) is 0 Å². The van der Waals surface area contributed by atoms with Gasteiger partial charge in [-0.2, -0.15) is 5.10 Å². The van der Waals surface area contributed by atoms with Gasteiger partial charge in [0.1, 0.15) is 5.82 Å². The van der Waals surface area contributed by atoms with E-state index in [1.807, 2.05) is 16.9 Å². The van der Waals surface area contributed by atoms with Gasteiger partial charge in [-0.3, -0.25) is 0 Å². The smallest absolute Gasteiger partial charge is 0.126 e. The van der Waals surface area contributed by atoms with Gasteiger partial charge in [-0.25, -0.2) is 4.68 Å². The van der Waals surface area contributed by atoms with Crippen molar-refractivity contribution < 1.29 is 4.74 Å². The van der Waals surface area contributed by atoms with Crippen LogP contribution in [0.3, 0.4) is 0 Å². The fourth-order valence-corrected chi connectivity index (χ4v) is 1.49. The summed E-state index contributed by atoms with van der Waals surface area (Å²) in [4.78, 5) is 2.28. The Kier molecular flexibility index (Phi) is 4.46. The van der Waals surface area contributed by atoms with Gasteiger partial charge in [0.05, 0.1) is 19.3 Å². The Morgan fingerprint density at radius 2 is 2.14 bits per heavy atom. The fourth-order valence-electron chi connectivity index (χ4n) is 1.49. The van der Waals surface area contributed by atoms with E-state index in [0.717, 1.165) is 19.6 Å². The summed E-state index contributed by atoms with van der Waals surface area (Å²) in [6, 6.07) is 2.04. The third kappa shape index (κ3) is 2.48. The van der Waals surface area contributed by atoms with E-state index < -0.39 is 0 Å². The topological polar surface area (TPSA) is 30.3 Å². The number of anilines is 1. The molecule has 0 fully saturated rings. The first kappa shape index (κ1) is 11.0. The minimum absolute atomic E-state index is 0.704. The summed E-state index contributed by atoms with van der Waals surface area (Å²) in [5.41, 5.74) is 0. The summed E-state index contributed by atoms with van der Waals surface area (Å²) in [6.45, 7) is 7.84. The first-order valence-corrected chi connectivity index (χ1v) is 5.09. The Labute approximate surface area is 85.5 Å². The molecule has 0 radical (unpaired) electrons. The van der Waals surface area contributed by atoms with E-state index in [2.05, 4.69) is 23.8 Å². The fraction of sp³-hybridized carbons (Fsp3) is 0.700. The molecular formula is C10H19N3O. The third-order valence-electron chi connectivity index (χ3n) is 2.29. The quantitative estimate of drug-likeness (QED) is 0.690. The predicted molar refractivity (Wildman–Crippen MR) is 57.7 cm³/mol. The maximum atomic E-state index is 5.04. The lowest BCUT2D eigenvalue weighted by atomic mass is 10.4. The normalized spacial score (nSPS) is 10.5. The Morgan fingerprint density at radius 3 is 2.71 bits per heavy atom. The zero-order valence-electron chi connectivity index (χ0n) is 9.23. The van der Waals surface area contributed by atoms with E-state index in [-0.39, 0.29) is 0 Å². The summed E-state index contributed by atoms with van der Waals surface area (Å²) in [5, 5.41) is 4.27. The number of aromatic nitrogens is 2. The van der Waals surface area contributed by atoms with Crippen molar-refractivity contribution >= 4 is 5.82 Å². The Hall–Kier alpha value is -1.03. The van der Waals surface area contributed by atoms with Gasteiger partial charge < -0.3 is 9.64 Å². The zero-order chi connectivity index (χ0) is 10.4. The molecule has 1 aromatic heterocycles. The maximum Gasteiger partial charge on any atom is 0.126 e. The van der Waals surface area contributed by atoms with E-state index >= 15 is 0 Å². The molecule has 0 atom stereocenters. The van der Waals surface area contributed by atoms with Crippen molar-refractivity contribution in [3.05, 3.63) is 12.3 Å². The Morgan fingerprint density at radius 1 is 1.43 bits per heavy atom. The number of nitrogens with zero attached hydrogens (tertiary/aromatic N) is 3. The second-order valence-electron chi connectivity index (χ2n) is 3.08. The molecule has 0 bridgehead atoms. The number of hydrogen-bond donors (Lipinski definition) is 0. The molecule has 0 aliphatic carbocycles. The van der Waals surface area contributed by atoms with E-state index in [0.29, 0.717) is 6.61 Å². The van der Waals surface area contributed by atoms with Gasteiger partial charge in [0.2, 0.25) is 0 Å². The van der Waals surface area contributed by atoms with Gasteiger partial charge in [-0.05, 0) is 13.8 Å². The van der Waals surface area contributed by atoms with E-state index in [9.17, 15) is 0 Å². The van der Waals surface area contributed by atoms with Crippen molar-refractivity contribution in [2.24, 2.45) is 0 Å². The summed E-state index contributed by atoms with van der Waals surface area (Å²) >= 11 is 0. The molecule has 0 aliphatic rings. The minimum atomic E-state index is 0.704. The SMILES string of the molecule is CCN(CC)c1ccnn1CCOC. The predicted octanol–water partition coefficient (Wildman–Crippen LogP) is 1.38. The Balaban J connectivity index is 2.69. The molecule has 4 heteroatoms. The largest absolute Gasteiger partial charge is 0.383 e. The highest BCUT2D eigenvalue weighted by Gasteiger charge is 2.07. The molecule has 0 aliphatic heterocycles. The number of methoxy groups -OCH3 is 1. The summed E-state index contributed by atoms with van der Waals surface area (Å²) in [5.74, 6) is 1.17. The zero-order valence-corrected chi connectivity index (χ0v) is 9.23. The van der Waals surface area contributed by atoms with Crippen LogP contribution in [0.15, 0.2) is 12.3 Å². The van der Waals surface area contributed by atoms with Crippen molar-refractivity contribution in [1.29, 1.82) is 0 Å². The molecule has 14 heavy (non-hydrogen) atoms. The third-order valence-corrected chi connectivity index (χ3v) is 2.29. The van der Waals surface area contributed by atoms with E-state index in [1.54, 1.807) is 7.11 Å². The minimum Gasteiger partial charge on any atom is -0.383 e. The maximum absolute atomic E-state index is 5.04. The van der Waals surface area contributed by atoms with Crippen LogP contribution < -0.4 is 4.90 Å². The lowest BCUT2D eigenvalue weighted by Gasteiger charge is -2.21. The average molecular weight is 197 g/mol. The molecule has 0 N–H and O–H groups in total. The lowest BCUT2D eigenvalue weighted by molar-refractivity contribution is 0.184. The first-order valence-electron chi connectivity index (χ1n) is 5.09. The van der Waals surface area contributed by atoms with Gasteiger partial charge in [0.15, 0.2) is 0 Å². The van der Waals surface area contributed by atoms with Crippen LogP contribution in [-0.4, -0.2) is 36.6 Å². The van der Waals surface area contributed by atoms with Gasteiger partial charge in [0, 0.05) is 26.3 Å². The summed E-state index contributed by atoms with van der Waals surface area (Å²) in [6.07, 6.45) is 1.84. The highest BCUT2D eigenvalue weighted by molar-refractivity contribution is 5.37. The monoisotopic (exact) mass is 197 g/mol. The van der Waals surface area contributed by atoms with Crippen LogP contribution >= 0.6 is 0 Å². The lowest BCUT2D eigenvalue weighted by Crippen LogP contribution is -2.25. The first-order chi connectivity index (χ1) is 6.83. The van der Waals surface area contributed by atoms with Crippen LogP contribution in [0.25, 0.3) is 0 Å². The van der Waals surface area contributed by atoms with Crippen molar-refractivity contribution in [2.45, 2.75) is 20.4 Å². The van der Waals surface area contributed by atoms with Crippen LogP contribution in [-0.2, 0) is 11.3 Å². The van der Waals surface area contributed by atoms with E-state index in [4.69, 9.17) is 4.74 Å². The molecule has 0 unspecified atom stereocenters. The van der Waals surface area contributed by atoms with E-state index in [1.165, 1.54) is 5.82 Å². The van der Waals surface area contributed by atoms with Crippen LogP contribution in [0.1, 0.15) is 13.8 Å². The molecule has 0 saturated carbocycles. The van der Waals surface area contributed by atoms with Crippen LogP contribution in [0, 0.1) is 0 Å². The van der Waals surface area contributed by atoms with Crippen molar-refractivity contribution in [3.8, 4) is 0 Å². The van der Waals surface area contributed by atoms with Crippen molar-refractivity contribution in [3.63, 3.8) is 0 Å². The number of rotatable bonds is 6. The molecule has 0 spiro atoms. The molecule has 0 aromatic carbocycles. The van der Waals surface area contributed by atoms with Crippen LogP contribution in [0.4, 0.5) is 5.82 Å². The van der Waals surface area contributed by atoms with Crippen molar-refractivity contribution in [1.82, 2.24) is 9.78 Å². The molecule has 1 aromatic rings. The molecule has 1 rings (SSSR count).